The molecule has 0 unspecified atom stereocenters. The molecular weight excluding hydrogens is 647 g/mol. The molecule has 0 saturated carbocycles. The molecule has 0 amide bonds. The van der Waals surface area contributed by atoms with Gasteiger partial charge in [-0.05, 0) is 135 Å². The largest absolute Gasteiger partial charge is 0.311 e. The van der Waals surface area contributed by atoms with Gasteiger partial charge in [-0.2, -0.15) is 10.0 Å². The van der Waals surface area contributed by atoms with Gasteiger partial charge in [0.1, 0.15) is 0 Å². The average molecular weight is 699 g/mol. The van der Waals surface area contributed by atoms with Crippen LogP contribution >= 0.6 is 10.0 Å². The highest BCUT2D eigenvalue weighted by Crippen LogP contribution is 2.59. The molecule has 262 valence electrons. The van der Waals surface area contributed by atoms with Crippen molar-refractivity contribution in [3.05, 3.63) is 150 Å². The van der Waals surface area contributed by atoms with Gasteiger partial charge in [-0.1, -0.05) is 119 Å². The van der Waals surface area contributed by atoms with E-state index in [-0.39, 0.29) is 17.5 Å². The van der Waals surface area contributed by atoms with Gasteiger partial charge in [0.2, 0.25) is 0 Å². The maximum atomic E-state index is 2.57. The summed E-state index contributed by atoms with van der Waals surface area (Å²) in [6.45, 7) is 18.4. The number of hydrogen-bond acceptors (Lipinski definition) is 2. The Labute approximate surface area is 313 Å². The van der Waals surface area contributed by atoms with E-state index in [4.69, 9.17) is 0 Å². The van der Waals surface area contributed by atoms with Gasteiger partial charge in [0.25, 0.3) is 6.71 Å². The number of fused-ring (bicyclic) bond motifs is 4. The van der Waals surface area contributed by atoms with Crippen molar-refractivity contribution < 1.29 is 0 Å². The van der Waals surface area contributed by atoms with Gasteiger partial charge in [-0.25, -0.2) is 0 Å². The Bertz CT molecular complexity index is 2310. The number of hydrogen-bond donors (Lipinski definition) is 0. The zero-order chi connectivity index (χ0) is 36.7. The van der Waals surface area contributed by atoms with Crippen LogP contribution in [-0.2, 0) is 10.8 Å². The van der Waals surface area contributed by atoms with Crippen LogP contribution in [0.3, 0.4) is 0 Å². The molecule has 0 bridgehead atoms. The van der Waals surface area contributed by atoms with Gasteiger partial charge < -0.3 is 9.80 Å². The number of anilines is 6. The van der Waals surface area contributed by atoms with E-state index in [1.165, 1.54) is 82.6 Å². The van der Waals surface area contributed by atoms with Gasteiger partial charge in [-0.15, -0.1) is 0 Å². The standard InChI is InChI=1S/C48H51BN2S/c1-32-16-22-36(23-17-32)50-42-26-18-33(2)28-40(42)49-41-29-35(48(6,7)8)21-27-43(41)51(37-24-19-34(20-25-37)47(3,4)5)45-31-39(30-44(50)46(45)49)52(9,10)38-14-12-11-13-15-38/h11-31H,1-10H3. The quantitative estimate of drug-likeness (QED) is 0.169. The lowest BCUT2D eigenvalue weighted by molar-refractivity contribution is 0.590. The maximum absolute atomic E-state index is 2.57. The van der Waals surface area contributed by atoms with Crippen molar-refractivity contribution in [3.8, 4) is 0 Å². The fourth-order valence-electron chi connectivity index (χ4n) is 8.12. The second-order valence-electron chi connectivity index (χ2n) is 17.3. The van der Waals surface area contributed by atoms with Crippen LogP contribution in [0.5, 0.6) is 0 Å². The predicted molar refractivity (Wildman–Crippen MR) is 230 cm³/mol. The number of nitrogens with zero attached hydrogens (tertiary/aromatic N) is 2. The molecule has 2 nitrogen and oxygen atoms in total. The fraction of sp³-hybridized carbons (Fsp3) is 0.250. The predicted octanol–water partition coefficient (Wildman–Crippen LogP) is 11.5. The Hall–Kier alpha value is -4.67. The van der Waals surface area contributed by atoms with Gasteiger partial charge in [0.05, 0.1) is 0 Å². The van der Waals surface area contributed by atoms with E-state index in [0.717, 1.165) is 0 Å². The summed E-state index contributed by atoms with van der Waals surface area (Å²) in [7, 11) is -1.38. The lowest BCUT2D eigenvalue weighted by Crippen LogP contribution is -2.61. The minimum atomic E-state index is -1.38. The molecule has 0 spiro atoms. The molecule has 2 heterocycles. The van der Waals surface area contributed by atoms with Crippen LogP contribution in [0.15, 0.2) is 137 Å². The van der Waals surface area contributed by atoms with Gasteiger partial charge in [0.15, 0.2) is 0 Å². The topological polar surface area (TPSA) is 6.48 Å². The smallest absolute Gasteiger partial charge is 0.252 e. The Kier molecular flexibility index (Phi) is 8.08. The molecule has 0 fully saturated rings. The van der Waals surface area contributed by atoms with Gasteiger partial charge in [-0.3, -0.25) is 0 Å². The minimum Gasteiger partial charge on any atom is -0.311 e. The van der Waals surface area contributed by atoms with Crippen LogP contribution < -0.4 is 26.2 Å². The van der Waals surface area contributed by atoms with Crippen LogP contribution in [0.2, 0.25) is 0 Å². The molecule has 2 aliphatic rings. The summed E-state index contributed by atoms with van der Waals surface area (Å²) in [4.78, 5) is 7.89. The average Bonchev–Trinajstić information content (AvgIpc) is 3.11. The first-order valence-electron chi connectivity index (χ1n) is 18.6. The monoisotopic (exact) mass is 698 g/mol. The minimum absolute atomic E-state index is 0.0162. The van der Waals surface area contributed by atoms with E-state index in [1.54, 1.807) is 0 Å². The molecule has 0 aromatic heterocycles. The van der Waals surface area contributed by atoms with Crippen molar-refractivity contribution in [1.82, 2.24) is 0 Å². The summed E-state index contributed by atoms with van der Waals surface area (Å²) in [6, 6.07) is 49.0. The van der Waals surface area contributed by atoms with Crippen LogP contribution in [0.4, 0.5) is 34.1 Å². The zero-order valence-electron chi connectivity index (χ0n) is 32.5. The first-order valence-corrected chi connectivity index (χ1v) is 21.1. The van der Waals surface area contributed by atoms with E-state index < -0.39 is 10.0 Å². The Morgan fingerprint density at radius 1 is 0.462 bits per heavy atom. The maximum Gasteiger partial charge on any atom is 0.252 e. The SMILES string of the molecule is Cc1ccc(N2c3ccc(C)cc3B3c4cc(C(C)(C)C)ccc4N(c4ccc(C(C)(C)C)cc4)c4cc(S(C)(C)c5ccccc5)cc2c43)cc1. The summed E-state index contributed by atoms with van der Waals surface area (Å²) in [5.74, 6) is 0. The van der Waals surface area contributed by atoms with Crippen molar-refractivity contribution in [2.45, 2.75) is 76.0 Å². The number of benzene rings is 6. The van der Waals surface area contributed by atoms with Crippen molar-refractivity contribution in [1.29, 1.82) is 0 Å². The summed E-state index contributed by atoms with van der Waals surface area (Å²) in [5, 5.41) is 0. The lowest BCUT2D eigenvalue weighted by atomic mass is 9.33. The fourth-order valence-corrected chi connectivity index (χ4v) is 10.0. The highest BCUT2D eigenvalue weighted by molar-refractivity contribution is 8.32. The van der Waals surface area contributed by atoms with E-state index >= 15 is 0 Å². The zero-order valence-corrected chi connectivity index (χ0v) is 33.3. The molecule has 0 radical (unpaired) electrons. The first-order chi connectivity index (χ1) is 24.6. The summed E-state index contributed by atoms with van der Waals surface area (Å²) >= 11 is 0. The van der Waals surface area contributed by atoms with Crippen LogP contribution in [0, 0.1) is 13.8 Å². The summed E-state index contributed by atoms with van der Waals surface area (Å²) < 4.78 is 0. The molecule has 6 aromatic rings. The molecular formula is C48H51BN2S. The number of aryl methyl sites for hydroxylation is 2. The Balaban J connectivity index is 1.50. The van der Waals surface area contributed by atoms with E-state index in [1.807, 2.05) is 0 Å². The second-order valence-corrected chi connectivity index (χ2v) is 20.9. The van der Waals surface area contributed by atoms with E-state index in [0.29, 0.717) is 0 Å². The third-order valence-corrected chi connectivity index (χ3v) is 14.1. The van der Waals surface area contributed by atoms with Gasteiger partial charge in [0, 0.05) is 34.1 Å². The Morgan fingerprint density at radius 3 is 1.50 bits per heavy atom. The molecule has 2 aliphatic heterocycles. The molecule has 8 rings (SSSR count). The van der Waals surface area contributed by atoms with Crippen molar-refractivity contribution in [2.75, 3.05) is 22.3 Å². The van der Waals surface area contributed by atoms with E-state index in [2.05, 4.69) is 205 Å². The number of rotatable bonds is 4. The van der Waals surface area contributed by atoms with Crippen LogP contribution in [0.25, 0.3) is 0 Å². The van der Waals surface area contributed by atoms with Crippen molar-refractivity contribution in [2.24, 2.45) is 0 Å². The molecule has 0 aliphatic carbocycles. The second kappa shape index (κ2) is 12.2. The third kappa shape index (κ3) is 5.67. The molecule has 4 heteroatoms. The van der Waals surface area contributed by atoms with Gasteiger partial charge >= 0.3 is 0 Å². The molecule has 0 N–H and O–H groups in total. The first kappa shape index (κ1) is 34.4. The summed E-state index contributed by atoms with van der Waals surface area (Å²) in [5.41, 5.74) is 16.9. The summed E-state index contributed by atoms with van der Waals surface area (Å²) in [6.07, 6.45) is 4.92. The third-order valence-electron chi connectivity index (χ3n) is 11.3. The molecule has 0 atom stereocenters. The highest BCUT2D eigenvalue weighted by atomic mass is 32.3. The van der Waals surface area contributed by atoms with Crippen molar-refractivity contribution >= 4 is 67.3 Å². The Morgan fingerprint density at radius 2 is 0.942 bits per heavy atom. The molecule has 52 heavy (non-hydrogen) atoms. The highest BCUT2D eigenvalue weighted by Gasteiger charge is 2.44. The van der Waals surface area contributed by atoms with Crippen LogP contribution in [0.1, 0.15) is 63.8 Å². The van der Waals surface area contributed by atoms with Crippen molar-refractivity contribution in [3.63, 3.8) is 0 Å². The lowest BCUT2D eigenvalue weighted by Gasteiger charge is -2.46. The van der Waals surface area contributed by atoms with E-state index in [9.17, 15) is 0 Å². The van der Waals surface area contributed by atoms with Crippen LogP contribution in [-0.4, -0.2) is 19.2 Å². The molecule has 6 aromatic carbocycles. The normalized spacial score (nSPS) is 14.2. The molecule has 0 saturated heterocycles.